The Kier molecular flexibility index (Phi) is 6.84. The molecule has 0 saturated heterocycles. The zero-order chi connectivity index (χ0) is 24.1. The Labute approximate surface area is 199 Å². The molecular weight excluding hydrogens is 448 g/mol. The summed E-state index contributed by atoms with van der Waals surface area (Å²) in [5.41, 5.74) is 2.01. The van der Waals surface area contributed by atoms with Crippen LogP contribution in [-0.4, -0.2) is 20.4 Å². The molecule has 174 valence electrons. The molecule has 0 saturated carbocycles. The minimum absolute atomic E-state index is 0.0969. The van der Waals surface area contributed by atoms with Gasteiger partial charge in [-0.1, -0.05) is 61.5 Å². The Bertz CT molecular complexity index is 1410. The third-order valence-electron chi connectivity index (χ3n) is 5.49. The van der Waals surface area contributed by atoms with Crippen LogP contribution in [0, 0.1) is 0 Å². The SMILES string of the molecule is CCc1ccccc1O[C@H](C)C(=O)Nc1ccc(S(=O)(=O)Nc2cccc3ccccc23)cc1. The number of hydrogen-bond donors (Lipinski definition) is 2. The van der Waals surface area contributed by atoms with Crippen molar-refractivity contribution in [2.45, 2.75) is 31.3 Å². The number of nitrogens with one attached hydrogen (secondary N) is 2. The fourth-order valence-electron chi connectivity index (χ4n) is 3.63. The predicted octanol–water partition coefficient (Wildman–Crippen LogP) is 5.61. The number of carbonyl (C=O) groups is 1. The van der Waals surface area contributed by atoms with Crippen molar-refractivity contribution in [3.05, 3.63) is 96.6 Å². The van der Waals surface area contributed by atoms with Crippen molar-refractivity contribution >= 4 is 38.1 Å². The molecule has 4 aromatic rings. The van der Waals surface area contributed by atoms with E-state index in [4.69, 9.17) is 4.74 Å². The van der Waals surface area contributed by atoms with Gasteiger partial charge in [-0.05, 0) is 60.7 Å². The second kappa shape index (κ2) is 9.97. The number of ether oxygens (including phenoxy) is 1. The second-order valence-electron chi connectivity index (χ2n) is 7.87. The smallest absolute Gasteiger partial charge is 0.265 e. The number of para-hydroxylation sites is 1. The molecule has 1 amide bonds. The Morgan fingerprint density at radius 1 is 0.882 bits per heavy atom. The molecule has 4 aromatic carbocycles. The van der Waals surface area contributed by atoms with Gasteiger partial charge in [0.1, 0.15) is 5.75 Å². The summed E-state index contributed by atoms with van der Waals surface area (Å²) in [7, 11) is -3.80. The zero-order valence-electron chi connectivity index (χ0n) is 19.0. The fourth-order valence-corrected chi connectivity index (χ4v) is 4.71. The van der Waals surface area contributed by atoms with Gasteiger partial charge in [0.05, 0.1) is 10.6 Å². The first-order valence-electron chi connectivity index (χ1n) is 11.0. The van der Waals surface area contributed by atoms with E-state index in [-0.39, 0.29) is 10.8 Å². The molecule has 0 heterocycles. The van der Waals surface area contributed by atoms with Crippen LogP contribution in [0.5, 0.6) is 5.75 Å². The average Bonchev–Trinajstić information content (AvgIpc) is 2.84. The molecule has 0 aliphatic heterocycles. The van der Waals surface area contributed by atoms with Crippen LogP contribution in [-0.2, 0) is 21.2 Å². The van der Waals surface area contributed by atoms with Crippen LogP contribution in [0.25, 0.3) is 10.8 Å². The van der Waals surface area contributed by atoms with Gasteiger partial charge in [-0.15, -0.1) is 0 Å². The molecule has 0 spiro atoms. The molecule has 0 fully saturated rings. The van der Waals surface area contributed by atoms with Gasteiger partial charge in [0, 0.05) is 11.1 Å². The quantitative estimate of drug-likeness (QED) is 0.348. The van der Waals surface area contributed by atoms with E-state index in [1.54, 1.807) is 31.2 Å². The predicted molar refractivity (Wildman–Crippen MR) is 136 cm³/mol. The van der Waals surface area contributed by atoms with Gasteiger partial charge >= 0.3 is 0 Å². The number of aryl methyl sites for hydroxylation is 1. The first-order chi connectivity index (χ1) is 16.4. The maximum atomic E-state index is 12.9. The van der Waals surface area contributed by atoms with Gasteiger partial charge in [0.15, 0.2) is 6.10 Å². The Hall–Kier alpha value is -3.84. The molecule has 0 aromatic heterocycles. The minimum Gasteiger partial charge on any atom is -0.481 e. The monoisotopic (exact) mass is 474 g/mol. The molecule has 34 heavy (non-hydrogen) atoms. The number of fused-ring (bicyclic) bond motifs is 1. The van der Waals surface area contributed by atoms with Crippen molar-refractivity contribution in [1.29, 1.82) is 0 Å². The van der Waals surface area contributed by atoms with Crippen molar-refractivity contribution in [3.8, 4) is 5.75 Å². The number of rotatable bonds is 8. The number of anilines is 2. The highest BCUT2D eigenvalue weighted by molar-refractivity contribution is 7.92. The molecule has 0 aliphatic rings. The summed E-state index contributed by atoms with van der Waals surface area (Å²) in [6.45, 7) is 3.70. The highest BCUT2D eigenvalue weighted by Crippen LogP contribution is 2.26. The molecule has 0 unspecified atom stereocenters. The van der Waals surface area contributed by atoms with Crippen LogP contribution in [0.15, 0.2) is 95.9 Å². The van der Waals surface area contributed by atoms with Crippen molar-refractivity contribution in [2.75, 3.05) is 10.0 Å². The van der Waals surface area contributed by atoms with Crippen LogP contribution in [0.1, 0.15) is 19.4 Å². The lowest BCUT2D eigenvalue weighted by Crippen LogP contribution is -2.30. The number of carbonyl (C=O) groups excluding carboxylic acids is 1. The van der Waals surface area contributed by atoms with Crippen molar-refractivity contribution in [1.82, 2.24) is 0 Å². The van der Waals surface area contributed by atoms with Gasteiger partial charge in [-0.25, -0.2) is 8.42 Å². The van der Waals surface area contributed by atoms with Gasteiger partial charge in [-0.3, -0.25) is 9.52 Å². The van der Waals surface area contributed by atoms with E-state index >= 15 is 0 Å². The van der Waals surface area contributed by atoms with E-state index in [1.807, 2.05) is 61.5 Å². The maximum Gasteiger partial charge on any atom is 0.265 e. The molecule has 6 nitrogen and oxygen atoms in total. The van der Waals surface area contributed by atoms with Gasteiger partial charge in [-0.2, -0.15) is 0 Å². The van der Waals surface area contributed by atoms with Gasteiger partial charge in [0.2, 0.25) is 0 Å². The highest BCUT2D eigenvalue weighted by Gasteiger charge is 2.18. The normalized spacial score (nSPS) is 12.2. The lowest BCUT2D eigenvalue weighted by Gasteiger charge is -2.17. The Morgan fingerprint density at radius 2 is 1.56 bits per heavy atom. The van der Waals surface area contributed by atoms with Crippen LogP contribution >= 0.6 is 0 Å². The Morgan fingerprint density at radius 3 is 2.32 bits per heavy atom. The van der Waals surface area contributed by atoms with Crippen LogP contribution < -0.4 is 14.8 Å². The second-order valence-corrected chi connectivity index (χ2v) is 9.55. The highest BCUT2D eigenvalue weighted by atomic mass is 32.2. The first kappa shape index (κ1) is 23.3. The summed E-state index contributed by atoms with van der Waals surface area (Å²) < 4.78 is 34.4. The summed E-state index contributed by atoms with van der Waals surface area (Å²) in [4.78, 5) is 12.7. The van der Waals surface area contributed by atoms with E-state index < -0.39 is 16.1 Å². The third-order valence-corrected chi connectivity index (χ3v) is 6.87. The van der Waals surface area contributed by atoms with E-state index in [9.17, 15) is 13.2 Å². The Balaban J connectivity index is 1.44. The molecule has 0 bridgehead atoms. The summed E-state index contributed by atoms with van der Waals surface area (Å²) in [6.07, 6.45) is 0.0805. The van der Waals surface area contributed by atoms with Gasteiger partial charge < -0.3 is 10.1 Å². The fraction of sp³-hybridized carbons (Fsp3) is 0.148. The van der Waals surface area contributed by atoms with Crippen molar-refractivity contribution in [3.63, 3.8) is 0 Å². The minimum atomic E-state index is -3.80. The number of amides is 1. The largest absolute Gasteiger partial charge is 0.481 e. The van der Waals surface area contributed by atoms with E-state index in [2.05, 4.69) is 10.0 Å². The van der Waals surface area contributed by atoms with Crippen LogP contribution in [0.2, 0.25) is 0 Å². The number of sulfonamides is 1. The topological polar surface area (TPSA) is 84.5 Å². The molecule has 1 atom stereocenters. The molecule has 4 rings (SSSR count). The molecular formula is C27H26N2O4S. The number of hydrogen-bond acceptors (Lipinski definition) is 4. The lowest BCUT2D eigenvalue weighted by atomic mass is 10.1. The van der Waals surface area contributed by atoms with E-state index in [1.165, 1.54) is 12.1 Å². The third kappa shape index (κ3) is 5.21. The summed E-state index contributed by atoms with van der Waals surface area (Å²) >= 11 is 0. The number of benzene rings is 4. The molecule has 0 radical (unpaired) electrons. The van der Waals surface area contributed by atoms with Crippen molar-refractivity contribution in [2.24, 2.45) is 0 Å². The summed E-state index contributed by atoms with van der Waals surface area (Å²) in [5, 5.41) is 4.53. The molecule has 2 N–H and O–H groups in total. The van der Waals surface area contributed by atoms with Gasteiger partial charge in [0.25, 0.3) is 15.9 Å². The average molecular weight is 475 g/mol. The molecule has 7 heteroatoms. The summed E-state index contributed by atoms with van der Waals surface area (Å²) in [5.74, 6) is 0.351. The molecule has 0 aliphatic carbocycles. The van der Waals surface area contributed by atoms with Crippen LogP contribution in [0.4, 0.5) is 11.4 Å². The van der Waals surface area contributed by atoms with Crippen LogP contribution in [0.3, 0.4) is 0 Å². The first-order valence-corrected chi connectivity index (χ1v) is 12.5. The lowest BCUT2D eigenvalue weighted by molar-refractivity contribution is -0.122. The zero-order valence-corrected chi connectivity index (χ0v) is 19.8. The standard InChI is InChI=1S/C27H26N2O4S/c1-3-20-9-5-7-14-26(20)33-19(2)27(30)28-22-15-17-23(18-16-22)34(31,32)29-25-13-8-11-21-10-4-6-12-24(21)25/h4-19,29H,3H2,1-2H3,(H,28,30)/t19-/m1/s1. The van der Waals surface area contributed by atoms with E-state index in [0.29, 0.717) is 17.1 Å². The summed E-state index contributed by atoms with van der Waals surface area (Å²) in [6, 6.07) is 26.7. The van der Waals surface area contributed by atoms with Crippen molar-refractivity contribution < 1.29 is 17.9 Å². The van der Waals surface area contributed by atoms with E-state index in [0.717, 1.165) is 22.8 Å². The maximum absolute atomic E-state index is 12.9.